The van der Waals surface area contributed by atoms with Gasteiger partial charge in [0.15, 0.2) is 0 Å². The molecule has 98 valence electrons. The molecular weight excluding hydrogens is 242 g/mol. The summed E-state index contributed by atoms with van der Waals surface area (Å²) < 4.78 is 23.4. The summed E-state index contributed by atoms with van der Waals surface area (Å²) in [6.45, 7) is 5.66. The Labute approximate surface area is 102 Å². The molecular formula is C10H19N3O3S. The molecule has 2 aliphatic rings. The Morgan fingerprint density at radius 3 is 2.06 bits per heavy atom. The van der Waals surface area contributed by atoms with Crippen molar-refractivity contribution in [3.63, 3.8) is 0 Å². The summed E-state index contributed by atoms with van der Waals surface area (Å²) in [6, 6.07) is 0. The Balaban J connectivity index is 1.90. The van der Waals surface area contributed by atoms with Crippen LogP contribution in [-0.2, 0) is 15.0 Å². The second kappa shape index (κ2) is 3.93. The first-order valence-electron chi connectivity index (χ1n) is 5.78. The highest BCUT2D eigenvalue weighted by atomic mass is 32.2. The Morgan fingerprint density at radius 1 is 1.24 bits per heavy atom. The fourth-order valence-corrected chi connectivity index (χ4v) is 2.94. The van der Waals surface area contributed by atoms with Crippen molar-refractivity contribution in [1.29, 1.82) is 0 Å². The normalized spacial score (nSPS) is 29.1. The average molecular weight is 261 g/mol. The molecule has 17 heavy (non-hydrogen) atoms. The molecule has 6 nitrogen and oxygen atoms in total. The molecule has 1 heterocycles. The smallest absolute Gasteiger partial charge is 0.277 e. The van der Waals surface area contributed by atoms with Crippen LogP contribution in [0.3, 0.4) is 0 Å². The Kier molecular flexibility index (Phi) is 2.95. The van der Waals surface area contributed by atoms with Crippen LogP contribution in [-0.4, -0.2) is 49.7 Å². The maximum absolute atomic E-state index is 12.1. The van der Waals surface area contributed by atoms with E-state index in [1.807, 2.05) is 0 Å². The molecule has 1 aliphatic heterocycles. The van der Waals surface area contributed by atoms with Crippen LogP contribution in [0.25, 0.3) is 0 Å². The largest absolute Gasteiger partial charge is 0.340 e. The molecule has 0 radical (unpaired) electrons. The standard InChI is InChI=1S/C10H19N3O3S/c1-10(2)7-8(10)9(14)12-3-5-13(6-4-12)17(11,15)16/h8H,3-7H2,1-2H3,(H2,11,15,16). The zero-order valence-electron chi connectivity index (χ0n) is 10.2. The van der Waals surface area contributed by atoms with Gasteiger partial charge in [0.05, 0.1) is 0 Å². The topological polar surface area (TPSA) is 83.7 Å². The molecule has 1 saturated carbocycles. The molecule has 2 rings (SSSR count). The lowest BCUT2D eigenvalue weighted by Crippen LogP contribution is -2.52. The molecule has 1 amide bonds. The van der Waals surface area contributed by atoms with E-state index in [9.17, 15) is 13.2 Å². The maximum Gasteiger partial charge on any atom is 0.277 e. The summed E-state index contributed by atoms with van der Waals surface area (Å²) in [7, 11) is -3.61. The van der Waals surface area contributed by atoms with E-state index >= 15 is 0 Å². The lowest BCUT2D eigenvalue weighted by atomic mass is 10.1. The summed E-state index contributed by atoms with van der Waals surface area (Å²) in [4.78, 5) is 13.8. The van der Waals surface area contributed by atoms with E-state index in [4.69, 9.17) is 5.14 Å². The second-order valence-corrected chi connectivity index (χ2v) is 7.06. The summed E-state index contributed by atoms with van der Waals surface area (Å²) >= 11 is 0. The summed E-state index contributed by atoms with van der Waals surface area (Å²) in [5.41, 5.74) is 0.119. The molecule has 0 aromatic heterocycles. The van der Waals surface area contributed by atoms with E-state index in [0.717, 1.165) is 6.42 Å². The van der Waals surface area contributed by atoms with Crippen molar-refractivity contribution in [1.82, 2.24) is 9.21 Å². The van der Waals surface area contributed by atoms with Crippen LogP contribution in [0.5, 0.6) is 0 Å². The average Bonchev–Trinajstić information content (AvgIpc) is 2.86. The third kappa shape index (κ3) is 2.61. The number of piperazine rings is 1. The Hall–Kier alpha value is -0.660. The number of rotatable bonds is 2. The molecule has 1 atom stereocenters. The minimum absolute atomic E-state index is 0.114. The number of carbonyl (C=O) groups excluding carboxylic acids is 1. The second-order valence-electron chi connectivity index (χ2n) is 5.51. The van der Waals surface area contributed by atoms with Gasteiger partial charge in [-0.25, -0.2) is 5.14 Å². The van der Waals surface area contributed by atoms with E-state index < -0.39 is 10.2 Å². The molecule has 0 spiro atoms. The minimum atomic E-state index is -3.61. The zero-order chi connectivity index (χ0) is 12.8. The third-order valence-corrected chi connectivity index (χ3v) is 4.81. The van der Waals surface area contributed by atoms with Gasteiger partial charge in [0.2, 0.25) is 5.91 Å². The first-order valence-corrected chi connectivity index (χ1v) is 7.29. The van der Waals surface area contributed by atoms with Gasteiger partial charge in [0, 0.05) is 32.1 Å². The van der Waals surface area contributed by atoms with Gasteiger partial charge >= 0.3 is 0 Å². The van der Waals surface area contributed by atoms with Crippen molar-refractivity contribution < 1.29 is 13.2 Å². The van der Waals surface area contributed by atoms with Gasteiger partial charge in [0.25, 0.3) is 10.2 Å². The SMILES string of the molecule is CC1(C)CC1C(=O)N1CCN(S(N)(=O)=O)CC1. The maximum atomic E-state index is 12.1. The van der Waals surface area contributed by atoms with Crippen LogP contribution in [0.2, 0.25) is 0 Å². The van der Waals surface area contributed by atoms with Crippen LogP contribution in [0.15, 0.2) is 0 Å². The van der Waals surface area contributed by atoms with Gasteiger partial charge in [-0.1, -0.05) is 13.8 Å². The lowest BCUT2D eigenvalue weighted by molar-refractivity contribution is -0.134. The molecule has 2 N–H and O–H groups in total. The van der Waals surface area contributed by atoms with Gasteiger partial charge in [-0.2, -0.15) is 12.7 Å². The molecule has 0 aromatic carbocycles. The fourth-order valence-electron chi connectivity index (χ4n) is 2.27. The summed E-state index contributed by atoms with van der Waals surface area (Å²) in [5, 5.41) is 5.04. The monoisotopic (exact) mass is 261 g/mol. The number of hydrogen-bond acceptors (Lipinski definition) is 3. The van der Waals surface area contributed by atoms with Gasteiger partial charge in [0.1, 0.15) is 0 Å². The van der Waals surface area contributed by atoms with Crippen molar-refractivity contribution in [2.45, 2.75) is 20.3 Å². The molecule has 7 heteroatoms. The Bertz CT molecular complexity index is 424. The first kappa shape index (κ1) is 12.8. The molecule has 2 fully saturated rings. The molecule has 1 unspecified atom stereocenters. The van der Waals surface area contributed by atoms with E-state index in [0.29, 0.717) is 26.2 Å². The van der Waals surface area contributed by atoms with Crippen LogP contribution in [0.4, 0.5) is 0 Å². The fraction of sp³-hybridized carbons (Fsp3) is 0.900. The molecule has 0 bridgehead atoms. The highest BCUT2D eigenvalue weighted by Gasteiger charge is 2.52. The zero-order valence-corrected chi connectivity index (χ0v) is 11.0. The van der Waals surface area contributed by atoms with E-state index in [2.05, 4.69) is 13.8 Å². The highest BCUT2D eigenvalue weighted by Crippen LogP contribution is 2.52. The minimum Gasteiger partial charge on any atom is -0.340 e. The third-order valence-electron chi connectivity index (χ3n) is 3.72. The molecule has 0 aromatic rings. The van der Waals surface area contributed by atoms with Gasteiger partial charge in [-0.05, 0) is 11.8 Å². The van der Waals surface area contributed by atoms with Crippen molar-refractivity contribution >= 4 is 16.1 Å². The van der Waals surface area contributed by atoms with Crippen molar-refractivity contribution in [3.8, 4) is 0 Å². The van der Waals surface area contributed by atoms with Crippen LogP contribution < -0.4 is 5.14 Å². The quantitative estimate of drug-likeness (QED) is 0.719. The van der Waals surface area contributed by atoms with Crippen LogP contribution in [0.1, 0.15) is 20.3 Å². The Morgan fingerprint density at radius 2 is 1.71 bits per heavy atom. The van der Waals surface area contributed by atoms with E-state index in [-0.39, 0.29) is 17.2 Å². The van der Waals surface area contributed by atoms with Crippen LogP contribution >= 0.6 is 0 Å². The number of hydrogen-bond donors (Lipinski definition) is 1. The van der Waals surface area contributed by atoms with Crippen molar-refractivity contribution in [3.05, 3.63) is 0 Å². The molecule has 1 aliphatic carbocycles. The molecule has 1 saturated heterocycles. The van der Waals surface area contributed by atoms with E-state index in [1.54, 1.807) is 4.90 Å². The number of carbonyl (C=O) groups is 1. The summed E-state index contributed by atoms with van der Waals surface area (Å²) in [5.74, 6) is 0.271. The predicted molar refractivity (Wildman–Crippen MR) is 63.1 cm³/mol. The van der Waals surface area contributed by atoms with Gasteiger partial charge in [-0.3, -0.25) is 4.79 Å². The van der Waals surface area contributed by atoms with Crippen molar-refractivity contribution in [2.24, 2.45) is 16.5 Å². The summed E-state index contributed by atoms with van der Waals surface area (Å²) in [6.07, 6.45) is 0.932. The number of nitrogens with zero attached hydrogens (tertiary/aromatic N) is 2. The van der Waals surface area contributed by atoms with Crippen LogP contribution in [0, 0.1) is 11.3 Å². The highest BCUT2D eigenvalue weighted by molar-refractivity contribution is 7.86. The predicted octanol–water partition coefficient (Wildman–Crippen LogP) is -0.620. The van der Waals surface area contributed by atoms with Crippen molar-refractivity contribution in [2.75, 3.05) is 26.2 Å². The van der Waals surface area contributed by atoms with Gasteiger partial charge in [-0.15, -0.1) is 0 Å². The number of nitrogens with two attached hydrogens (primary N) is 1. The number of amides is 1. The van der Waals surface area contributed by atoms with E-state index in [1.165, 1.54) is 4.31 Å². The first-order chi connectivity index (χ1) is 7.72. The van der Waals surface area contributed by atoms with Gasteiger partial charge < -0.3 is 4.90 Å². The lowest BCUT2D eigenvalue weighted by Gasteiger charge is -2.33.